The van der Waals surface area contributed by atoms with Gasteiger partial charge in [0.1, 0.15) is 0 Å². The fourth-order valence-corrected chi connectivity index (χ4v) is 1.86. The number of rotatable bonds is 0. The average Bonchev–Trinajstić information content (AvgIpc) is 2.30. The summed E-state index contributed by atoms with van der Waals surface area (Å²) < 4.78 is 5.74. The molecule has 2 bridgehead atoms. The molecule has 0 radical (unpaired) electrons. The van der Waals surface area contributed by atoms with Crippen molar-refractivity contribution in [3.05, 3.63) is 0 Å². The maximum atomic E-state index is 5.74. The van der Waals surface area contributed by atoms with Crippen molar-refractivity contribution in [2.75, 3.05) is 13.1 Å². The molecule has 2 heteroatoms. The summed E-state index contributed by atoms with van der Waals surface area (Å²) in [6.07, 6.45) is 6.27. The average molecular weight is 141 g/mol. The summed E-state index contributed by atoms with van der Waals surface area (Å²) in [7, 11) is 0. The first-order valence-electron chi connectivity index (χ1n) is 4.31. The molecule has 10 heavy (non-hydrogen) atoms. The molecule has 2 aliphatic heterocycles. The first kappa shape index (κ1) is 6.62. The molecule has 0 aromatic heterocycles. The second kappa shape index (κ2) is 2.89. The molecule has 0 aromatic rings. The lowest BCUT2D eigenvalue weighted by Crippen LogP contribution is -2.30. The van der Waals surface area contributed by atoms with Crippen molar-refractivity contribution in [1.82, 2.24) is 5.32 Å². The molecule has 2 nitrogen and oxygen atoms in total. The Kier molecular flexibility index (Phi) is 1.91. The number of hydrogen-bond acceptors (Lipinski definition) is 2. The van der Waals surface area contributed by atoms with Crippen molar-refractivity contribution in [1.29, 1.82) is 0 Å². The Hall–Kier alpha value is -0.0800. The lowest BCUT2D eigenvalue weighted by Gasteiger charge is -2.17. The highest BCUT2D eigenvalue weighted by molar-refractivity contribution is 4.77. The second-order valence-corrected chi connectivity index (χ2v) is 3.30. The maximum Gasteiger partial charge on any atom is 0.0704 e. The standard InChI is InChI=1S/C8H15NO/c1-2-7-3-4-8(10-7)6-9-5-1/h7-9H,1-6H2/t7-,8-/m0/s1. The molecule has 0 aliphatic carbocycles. The lowest BCUT2D eigenvalue weighted by atomic mass is 10.1. The van der Waals surface area contributed by atoms with Gasteiger partial charge in [-0.15, -0.1) is 0 Å². The normalized spacial score (nSPS) is 40.8. The minimum Gasteiger partial charge on any atom is -0.374 e. The molecule has 2 rings (SSSR count). The fourth-order valence-electron chi connectivity index (χ4n) is 1.86. The summed E-state index contributed by atoms with van der Waals surface area (Å²) in [6, 6.07) is 0. The van der Waals surface area contributed by atoms with E-state index in [0.29, 0.717) is 12.2 Å². The zero-order valence-corrected chi connectivity index (χ0v) is 6.31. The molecule has 2 heterocycles. The minimum absolute atomic E-state index is 0.533. The van der Waals surface area contributed by atoms with E-state index in [1.54, 1.807) is 0 Å². The molecule has 2 saturated heterocycles. The molecule has 0 aromatic carbocycles. The van der Waals surface area contributed by atoms with Crippen LogP contribution in [0.5, 0.6) is 0 Å². The lowest BCUT2D eigenvalue weighted by molar-refractivity contribution is 0.0326. The van der Waals surface area contributed by atoms with E-state index in [9.17, 15) is 0 Å². The van der Waals surface area contributed by atoms with Crippen LogP contribution >= 0.6 is 0 Å². The SMILES string of the molecule is C1CNC[C@@H]2CC[C@H](C1)O2. The molecular weight excluding hydrogens is 126 g/mol. The van der Waals surface area contributed by atoms with Gasteiger partial charge in [0, 0.05) is 6.54 Å². The molecule has 0 unspecified atom stereocenters. The Labute approximate surface area is 61.9 Å². The number of ether oxygens (including phenoxy) is 1. The van der Waals surface area contributed by atoms with Crippen LogP contribution in [0, 0.1) is 0 Å². The van der Waals surface area contributed by atoms with Crippen LogP contribution in [-0.2, 0) is 4.74 Å². The van der Waals surface area contributed by atoms with Gasteiger partial charge in [-0.3, -0.25) is 0 Å². The molecule has 2 fully saturated rings. The smallest absolute Gasteiger partial charge is 0.0704 e. The third-order valence-electron chi connectivity index (χ3n) is 2.45. The van der Waals surface area contributed by atoms with Gasteiger partial charge in [-0.05, 0) is 32.2 Å². The van der Waals surface area contributed by atoms with Crippen molar-refractivity contribution in [3.8, 4) is 0 Å². The highest BCUT2D eigenvalue weighted by Gasteiger charge is 2.25. The van der Waals surface area contributed by atoms with Gasteiger partial charge in [0.15, 0.2) is 0 Å². The van der Waals surface area contributed by atoms with Gasteiger partial charge in [-0.1, -0.05) is 0 Å². The predicted molar refractivity (Wildman–Crippen MR) is 40.0 cm³/mol. The van der Waals surface area contributed by atoms with E-state index in [1.807, 2.05) is 0 Å². The van der Waals surface area contributed by atoms with Gasteiger partial charge >= 0.3 is 0 Å². The van der Waals surface area contributed by atoms with E-state index in [1.165, 1.54) is 32.2 Å². The van der Waals surface area contributed by atoms with Crippen molar-refractivity contribution < 1.29 is 4.74 Å². The van der Waals surface area contributed by atoms with Gasteiger partial charge in [-0.25, -0.2) is 0 Å². The van der Waals surface area contributed by atoms with Crippen LogP contribution < -0.4 is 5.32 Å². The Morgan fingerprint density at radius 1 is 1.10 bits per heavy atom. The summed E-state index contributed by atoms with van der Waals surface area (Å²) in [5.41, 5.74) is 0. The van der Waals surface area contributed by atoms with E-state index in [2.05, 4.69) is 5.32 Å². The monoisotopic (exact) mass is 141 g/mol. The van der Waals surface area contributed by atoms with Crippen LogP contribution in [0.1, 0.15) is 25.7 Å². The zero-order chi connectivity index (χ0) is 6.81. The number of nitrogens with one attached hydrogen (secondary N) is 1. The van der Waals surface area contributed by atoms with Gasteiger partial charge in [0.25, 0.3) is 0 Å². The highest BCUT2D eigenvalue weighted by atomic mass is 16.5. The zero-order valence-electron chi connectivity index (χ0n) is 6.31. The third-order valence-corrected chi connectivity index (χ3v) is 2.45. The second-order valence-electron chi connectivity index (χ2n) is 3.30. The van der Waals surface area contributed by atoms with Crippen molar-refractivity contribution in [2.45, 2.75) is 37.9 Å². The van der Waals surface area contributed by atoms with Crippen molar-refractivity contribution >= 4 is 0 Å². The van der Waals surface area contributed by atoms with E-state index in [-0.39, 0.29) is 0 Å². The van der Waals surface area contributed by atoms with Crippen LogP contribution in [0.3, 0.4) is 0 Å². The Bertz CT molecular complexity index is 104. The fraction of sp³-hybridized carbons (Fsp3) is 1.00. The van der Waals surface area contributed by atoms with Crippen LogP contribution in [-0.4, -0.2) is 25.3 Å². The van der Waals surface area contributed by atoms with Gasteiger partial charge in [0.05, 0.1) is 12.2 Å². The Morgan fingerprint density at radius 2 is 2.00 bits per heavy atom. The molecule has 2 aliphatic rings. The molecule has 2 atom stereocenters. The van der Waals surface area contributed by atoms with E-state index < -0.39 is 0 Å². The maximum absolute atomic E-state index is 5.74. The van der Waals surface area contributed by atoms with Crippen LogP contribution in [0.15, 0.2) is 0 Å². The topological polar surface area (TPSA) is 21.3 Å². The molecule has 58 valence electrons. The number of fused-ring (bicyclic) bond motifs is 2. The quantitative estimate of drug-likeness (QED) is 0.541. The van der Waals surface area contributed by atoms with Crippen LogP contribution in [0.25, 0.3) is 0 Å². The van der Waals surface area contributed by atoms with Crippen molar-refractivity contribution in [2.24, 2.45) is 0 Å². The first-order valence-corrected chi connectivity index (χ1v) is 4.31. The van der Waals surface area contributed by atoms with Gasteiger partial charge in [0.2, 0.25) is 0 Å². The van der Waals surface area contributed by atoms with Crippen LogP contribution in [0.4, 0.5) is 0 Å². The summed E-state index contributed by atoms with van der Waals surface area (Å²) in [5, 5.41) is 3.39. The van der Waals surface area contributed by atoms with E-state index in [0.717, 1.165) is 6.54 Å². The predicted octanol–water partition coefficient (Wildman–Crippen LogP) is 0.917. The molecule has 0 amide bonds. The minimum atomic E-state index is 0.533. The van der Waals surface area contributed by atoms with Gasteiger partial charge < -0.3 is 10.1 Å². The summed E-state index contributed by atoms with van der Waals surface area (Å²) in [5.74, 6) is 0. The first-order chi connectivity index (χ1) is 4.95. The largest absolute Gasteiger partial charge is 0.374 e. The molecular formula is C8H15NO. The Morgan fingerprint density at radius 3 is 3.00 bits per heavy atom. The molecule has 0 saturated carbocycles. The van der Waals surface area contributed by atoms with Crippen molar-refractivity contribution in [3.63, 3.8) is 0 Å². The highest BCUT2D eigenvalue weighted by Crippen LogP contribution is 2.23. The Balaban J connectivity index is 1.91. The summed E-state index contributed by atoms with van der Waals surface area (Å²) >= 11 is 0. The van der Waals surface area contributed by atoms with E-state index in [4.69, 9.17) is 4.74 Å². The van der Waals surface area contributed by atoms with Crippen LogP contribution in [0.2, 0.25) is 0 Å². The summed E-state index contributed by atoms with van der Waals surface area (Å²) in [6.45, 7) is 2.27. The van der Waals surface area contributed by atoms with E-state index >= 15 is 0 Å². The molecule has 1 N–H and O–H groups in total. The third kappa shape index (κ3) is 1.32. The summed E-state index contributed by atoms with van der Waals surface area (Å²) in [4.78, 5) is 0. The molecule has 0 spiro atoms. The van der Waals surface area contributed by atoms with Gasteiger partial charge in [-0.2, -0.15) is 0 Å². The number of hydrogen-bond donors (Lipinski definition) is 1.